The molecule has 3 unspecified atom stereocenters. The molecule has 3 amide bonds. The van der Waals surface area contributed by atoms with Gasteiger partial charge in [-0.2, -0.15) is 0 Å². The molecule has 14 heteroatoms. The van der Waals surface area contributed by atoms with Crippen LogP contribution < -0.4 is 33.2 Å². The van der Waals surface area contributed by atoms with Crippen molar-refractivity contribution in [1.29, 1.82) is 0 Å². The number of aliphatic carboxylic acids is 2. The smallest absolute Gasteiger partial charge is 0.326 e. The number of rotatable bonds is 14. The van der Waals surface area contributed by atoms with Gasteiger partial charge in [-0.1, -0.05) is 0 Å². The third kappa shape index (κ3) is 12.1. The summed E-state index contributed by atoms with van der Waals surface area (Å²) in [6, 6.07) is -3.29. The minimum absolute atomic E-state index is 0.0704. The summed E-state index contributed by atoms with van der Waals surface area (Å²) in [5, 5.41) is 24.3. The number of carboxylic acid groups (broad SMARTS) is 2. The van der Waals surface area contributed by atoms with E-state index in [1.807, 2.05) is 0 Å². The summed E-state index contributed by atoms with van der Waals surface area (Å²) in [5.74, 6) is -4.77. The molecule has 0 aromatic carbocycles. The fourth-order valence-corrected chi connectivity index (χ4v) is 2.13. The molecule has 0 saturated carbocycles. The van der Waals surface area contributed by atoms with Gasteiger partial charge in [0, 0.05) is 13.0 Å². The largest absolute Gasteiger partial charge is 0.481 e. The van der Waals surface area contributed by atoms with Crippen LogP contribution in [0, 0.1) is 0 Å². The van der Waals surface area contributed by atoms with Crippen molar-refractivity contribution in [2.45, 2.75) is 50.7 Å². The Balaban J connectivity index is 4.37. The fourth-order valence-electron chi connectivity index (χ4n) is 2.13. The highest BCUT2D eigenvalue weighted by Crippen LogP contribution is 1.98. The van der Waals surface area contributed by atoms with Gasteiger partial charge in [0.05, 0.1) is 12.6 Å². The Bertz CT molecular complexity index is 664. The van der Waals surface area contributed by atoms with Crippen molar-refractivity contribution < 1.29 is 34.2 Å². The molecule has 11 N–H and O–H groups in total. The monoisotopic (exact) mass is 431 g/mol. The van der Waals surface area contributed by atoms with Crippen LogP contribution in [0.25, 0.3) is 0 Å². The Hall–Kier alpha value is -3.42. The van der Waals surface area contributed by atoms with Gasteiger partial charge in [-0.05, 0) is 26.2 Å². The average Bonchev–Trinajstić information content (AvgIpc) is 2.65. The molecule has 0 aliphatic rings. The lowest BCUT2D eigenvalue weighted by molar-refractivity contribution is -0.143. The molecule has 0 spiro atoms. The van der Waals surface area contributed by atoms with Crippen LogP contribution in [0.3, 0.4) is 0 Å². The number of nitrogens with one attached hydrogen (secondary N) is 3. The topological polar surface area (TPSA) is 252 Å². The molecular formula is C16H29N7O7. The van der Waals surface area contributed by atoms with Crippen molar-refractivity contribution in [2.24, 2.45) is 22.2 Å². The number of amides is 3. The molecule has 0 saturated heterocycles. The van der Waals surface area contributed by atoms with E-state index in [2.05, 4.69) is 20.9 Å². The van der Waals surface area contributed by atoms with Gasteiger partial charge in [0.25, 0.3) is 0 Å². The molecule has 0 aromatic heterocycles. The van der Waals surface area contributed by atoms with Crippen LogP contribution in [0.4, 0.5) is 0 Å². The molecule has 0 radical (unpaired) electrons. The van der Waals surface area contributed by atoms with Crippen LogP contribution in [0.2, 0.25) is 0 Å². The molecule has 170 valence electrons. The number of carbonyl (C=O) groups excluding carboxylic acids is 3. The molecule has 0 aliphatic heterocycles. The highest BCUT2D eigenvalue weighted by Gasteiger charge is 2.23. The molecule has 0 rings (SSSR count). The van der Waals surface area contributed by atoms with Gasteiger partial charge in [-0.3, -0.25) is 24.2 Å². The molecule has 0 aromatic rings. The molecular weight excluding hydrogens is 402 g/mol. The van der Waals surface area contributed by atoms with Crippen LogP contribution in [-0.4, -0.2) is 77.0 Å². The van der Waals surface area contributed by atoms with Crippen molar-refractivity contribution in [1.82, 2.24) is 16.0 Å². The van der Waals surface area contributed by atoms with Crippen molar-refractivity contribution >= 4 is 35.6 Å². The molecule has 14 nitrogen and oxygen atoms in total. The second kappa shape index (κ2) is 13.7. The van der Waals surface area contributed by atoms with Crippen molar-refractivity contribution in [3.63, 3.8) is 0 Å². The number of hydrogen-bond donors (Lipinski definition) is 8. The van der Waals surface area contributed by atoms with Crippen molar-refractivity contribution in [3.05, 3.63) is 0 Å². The Kier molecular flexibility index (Phi) is 12.1. The summed E-state index contributed by atoms with van der Waals surface area (Å²) in [6.07, 6.45) is -0.0110. The zero-order valence-corrected chi connectivity index (χ0v) is 16.6. The van der Waals surface area contributed by atoms with Crippen LogP contribution in [0.5, 0.6) is 0 Å². The second-order valence-electron chi connectivity index (χ2n) is 6.39. The Morgan fingerprint density at radius 2 is 1.63 bits per heavy atom. The highest BCUT2D eigenvalue weighted by atomic mass is 16.4. The van der Waals surface area contributed by atoms with Gasteiger partial charge in [0.1, 0.15) is 12.1 Å². The van der Waals surface area contributed by atoms with E-state index in [1.54, 1.807) is 0 Å². The Morgan fingerprint density at radius 3 is 2.17 bits per heavy atom. The molecule has 0 aliphatic carbocycles. The third-order valence-corrected chi connectivity index (χ3v) is 3.76. The number of carboxylic acids is 2. The van der Waals surface area contributed by atoms with Gasteiger partial charge in [0.15, 0.2) is 5.96 Å². The predicted octanol–water partition coefficient (Wildman–Crippen LogP) is -3.58. The molecule has 3 atom stereocenters. The van der Waals surface area contributed by atoms with E-state index in [-0.39, 0.29) is 18.8 Å². The first kappa shape index (κ1) is 26.6. The minimum atomic E-state index is -1.40. The van der Waals surface area contributed by atoms with Gasteiger partial charge in [-0.15, -0.1) is 0 Å². The summed E-state index contributed by atoms with van der Waals surface area (Å²) >= 11 is 0. The zero-order valence-electron chi connectivity index (χ0n) is 16.6. The highest BCUT2D eigenvalue weighted by molar-refractivity contribution is 5.92. The molecule has 0 fully saturated rings. The van der Waals surface area contributed by atoms with Crippen LogP contribution in [-0.2, 0) is 24.0 Å². The number of aliphatic imine (C=N–C) groups is 1. The number of guanidine groups is 1. The summed E-state index contributed by atoms with van der Waals surface area (Å²) in [4.78, 5) is 61.1. The Labute approximate surface area is 172 Å². The van der Waals surface area contributed by atoms with Crippen LogP contribution in [0.1, 0.15) is 32.6 Å². The van der Waals surface area contributed by atoms with Crippen molar-refractivity contribution in [3.8, 4) is 0 Å². The number of carbonyl (C=O) groups is 5. The van der Waals surface area contributed by atoms with Crippen LogP contribution in [0.15, 0.2) is 4.99 Å². The van der Waals surface area contributed by atoms with E-state index in [1.165, 1.54) is 6.92 Å². The minimum Gasteiger partial charge on any atom is -0.481 e. The third-order valence-electron chi connectivity index (χ3n) is 3.76. The number of hydrogen-bond acceptors (Lipinski definition) is 7. The number of nitrogens with two attached hydrogens (primary N) is 3. The van der Waals surface area contributed by atoms with Crippen LogP contribution >= 0.6 is 0 Å². The predicted molar refractivity (Wildman–Crippen MR) is 105 cm³/mol. The first-order chi connectivity index (χ1) is 13.9. The van der Waals surface area contributed by atoms with E-state index in [9.17, 15) is 24.0 Å². The summed E-state index contributed by atoms with van der Waals surface area (Å²) in [7, 11) is 0. The fraction of sp³-hybridized carbons (Fsp3) is 0.625. The van der Waals surface area contributed by atoms with Gasteiger partial charge in [-0.25, -0.2) is 4.79 Å². The number of nitrogens with zero attached hydrogens (tertiary/aromatic N) is 1. The van der Waals surface area contributed by atoms with Gasteiger partial charge < -0.3 is 43.4 Å². The van der Waals surface area contributed by atoms with Gasteiger partial charge in [0.2, 0.25) is 17.7 Å². The lowest BCUT2D eigenvalue weighted by atomic mass is 10.1. The summed E-state index contributed by atoms with van der Waals surface area (Å²) in [6.45, 7) is 1.13. The average molecular weight is 431 g/mol. The first-order valence-corrected chi connectivity index (χ1v) is 9.07. The van der Waals surface area contributed by atoms with E-state index in [0.29, 0.717) is 13.0 Å². The lowest BCUT2D eigenvalue weighted by Crippen LogP contribution is -2.52. The molecule has 0 heterocycles. The van der Waals surface area contributed by atoms with Crippen molar-refractivity contribution in [2.75, 3.05) is 13.1 Å². The SMILES string of the molecule is CC(NC(=O)C(N)CCCN=C(N)N)C(=O)NCC(=O)NC(CCC(=O)O)C(=O)O. The van der Waals surface area contributed by atoms with Gasteiger partial charge >= 0.3 is 11.9 Å². The Morgan fingerprint density at radius 1 is 1.00 bits per heavy atom. The van der Waals surface area contributed by atoms with E-state index in [0.717, 1.165) is 0 Å². The second-order valence-corrected chi connectivity index (χ2v) is 6.39. The summed E-state index contributed by atoms with van der Waals surface area (Å²) < 4.78 is 0. The summed E-state index contributed by atoms with van der Waals surface area (Å²) in [5.41, 5.74) is 16.1. The quantitative estimate of drug-likeness (QED) is 0.0762. The van der Waals surface area contributed by atoms with E-state index >= 15 is 0 Å². The molecule has 30 heavy (non-hydrogen) atoms. The zero-order chi connectivity index (χ0) is 23.3. The molecule has 0 bridgehead atoms. The maximum absolute atomic E-state index is 12.0. The first-order valence-electron chi connectivity index (χ1n) is 9.07. The van der Waals surface area contributed by atoms with E-state index < -0.39 is 60.8 Å². The maximum atomic E-state index is 12.0. The normalized spacial score (nSPS) is 13.3. The standard InChI is InChI=1S/C16H29N7O7/c1-8(22-14(28)9(17)3-2-6-20-16(18)19)13(27)21-7-11(24)23-10(15(29)30)4-5-12(25)26/h8-10H,2-7,17H2,1H3,(H,21,27)(H,22,28)(H,23,24)(H,25,26)(H,29,30)(H4,18,19,20). The van der Waals surface area contributed by atoms with E-state index in [4.69, 9.17) is 27.4 Å². The maximum Gasteiger partial charge on any atom is 0.326 e. The lowest BCUT2D eigenvalue weighted by Gasteiger charge is -2.18.